The molecule has 22 heavy (non-hydrogen) atoms. The van der Waals surface area contributed by atoms with Crippen molar-refractivity contribution in [1.29, 1.82) is 0 Å². The number of hydrogen-bond donors (Lipinski definition) is 1. The molecule has 114 valence electrons. The van der Waals surface area contributed by atoms with Crippen LogP contribution in [0.15, 0.2) is 30.6 Å². The SMILES string of the molecule is O=C(Nc1ccn(-c2ncccc2Cl)n1)C1CC2(C1)CC2F. The lowest BCUT2D eigenvalue weighted by molar-refractivity contribution is -0.124. The lowest BCUT2D eigenvalue weighted by Crippen LogP contribution is -2.37. The molecule has 2 heterocycles. The fourth-order valence-corrected chi connectivity index (χ4v) is 3.32. The number of alkyl halides is 1. The average Bonchev–Trinajstić information content (AvgIpc) is 2.92. The number of amides is 1. The monoisotopic (exact) mass is 320 g/mol. The van der Waals surface area contributed by atoms with Crippen molar-refractivity contribution in [2.24, 2.45) is 11.3 Å². The Balaban J connectivity index is 1.42. The summed E-state index contributed by atoms with van der Waals surface area (Å²) >= 11 is 6.06. The number of nitrogens with zero attached hydrogens (tertiary/aromatic N) is 3. The predicted molar refractivity (Wildman–Crippen MR) is 79.7 cm³/mol. The second kappa shape index (κ2) is 4.78. The number of nitrogens with one attached hydrogen (secondary N) is 1. The lowest BCUT2D eigenvalue weighted by atomic mass is 9.71. The van der Waals surface area contributed by atoms with E-state index in [2.05, 4.69) is 15.4 Å². The number of pyridine rings is 1. The van der Waals surface area contributed by atoms with Crippen molar-refractivity contribution >= 4 is 23.3 Å². The van der Waals surface area contributed by atoms with Gasteiger partial charge in [-0.3, -0.25) is 4.79 Å². The van der Waals surface area contributed by atoms with Gasteiger partial charge in [-0.2, -0.15) is 0 Å². The summed E-state index contributed by atoms with van der Waals surface area (Å²) < 4.78 is 14.6. The Kier molecular flexibility index (Phi) is 2.97. The van der Waals surface area contributed by atoms with Gasteiger partial charge >= 0.3 is 0 Å². The van der Waals surface area contributed by atoms with E-state index in [4.69, 9.17) is 11.6 Å². The highest BCUT2D eigenvalue weighted by Crippen LogP contribution is 2.64. The quantitative estimate of drug-likeness (QED) is 0.945. The molecule has 0 bridgehead atoms. The van der Waals surface area contributed by atoms with Gasteiger partial charge in [-0.1, -0.05) is 11.6 Å². The second-order valence-electron chi connectivity index (χ2n) is 6.08. The zero-order chi connectivity index (χ0) is 15.3. The van der Waals surface area contributed by atoms with Crippen molar-refractivity contribution in [2.45, 2.75) is 25.4 Å². The van der Waals surface area contributed by atoms with Crippen molar-refractivity contribution in [1.82, 2.24) is 14.8 Å². The van der Waals surface area contributed by atoms with Crippen LogP contribution in [0.4, 0.5) is 10.2 Å². The van der Waals surface area contributed by atoms with Crippen LogP contribution in [-0.4, -0.2) is 26.8 Å². The van der Waals surface area contributed by atoms with E-state index in [9.17, 15) is 9.18 Å². The number of aromatic nitrogens is 3. The minimum atomic E-state index is -0.706. The van der Waals surface area contributed by atoms with Crippen LogP contribution in [-0.2, 0) is 4.79 Å². The largest absolute Gasteiger partial charge is 0.309 e. The van der Waals surface area contributed by atoms with Crippen molar-refractivity contribution < 1.29 is 9.18 Å². The molecule has 1 atom stereocenters. The summed E-state index contributed by atoms with van der Waals surface area (Å²) in [6.07, 6.45) is 4.51. The summed E-state index contributed by atoms with van der Waals surface area (Å²) in [6.45, 7) is 0. The molecule has 2 aliphatic carbocycles. The molecule has 7 heteroatoms. The van der Waals surface area contributed by atoms with E-state index in [1.54, 1.807) is 30.6 Å². The van der Waals surface area contributed by atoms with Crippen LogP contribution in [0.1, 0.15) is 19.3 Å². The van der Waals surface area contributed by atoms with Crippen LogP contribution >= 0.6 is 11.6 Å². The summed E-state index contributed by atoms with van der Waals surface area (Å²) in [5.41, 5.74) is -0.178. The van der Waals surface area contributed by atoms with E-state index in [-0.39, 0.29) is 17.2 Å². The molecule has 0 radical (unpaired) electrons. The van der Waals surface area contributed by atoms with Gasteiger partial charge in [0.05, 0.1) is 5.02 Å². The molecule has 1 spiro atoms. The highest BCUT2D eigenvalue weighted by Gasteiger charge is 2.63. The van der Waals surface area contributed by atoms with Crippen LogP contribution < -0.4 is 5.32 Å². The minimum absolute atomic E-state index is 0.0953. The maximum atomic E-state index is 13.1. The molecule has 1 unspecified atom stereocenters. The van der Waals surface area contributed by atoms with E-state index in [1.807, 2.05) is 0 Å². The molecule has 1 amide bonds. The number of rotatable bonds is 3. The molecule has 0 saturated heterocycles. The maximum Gasteiger partial charge on any atom is 0.228 e. The number of halogens is 2. The molecular weight excluding hydrogens is 307 g/mol. The van der Waals surface area contributed by atoms with Gasteiger partial charge in [0.15, 0.2) is 11.6 Å². The van der Waals surface area contributed by atoms with E-state index < -0.39 is 6.17 Å². The second-order valence-corrected chi connectivity index (χ2v) is 6.49. The Labute approximate surface area is 131 Å². The summed E-state index contributed by atoms with van der Waals surface area (Å²) in [7, 11) is 0. The predicted octanol–water partition coefficient (Wildman–Crippen LogP) is 3.00. The van der Waals surface area contributed by atoms with Crippen LogP contribution in [0.5, 0.6) is 0 Å². The summed E-state index contributed by atoms with van der Waals surface area (Å²) in [4.78, 5) is 16.3. The van der Waals surface area contributed by atoms with Gasteiger partial charge in [-0.15, -0.1) is 5.10 Å². The average molecular weight is 321 g/mol. The standard InChI is InChI=1S/C15H14ClFN4O/c16-10-2-1-4-18-13(10)21-5-3-12(20-21)19-14(22)9-6-15(7-9)8-11(15)17/h1-5,9,11H,6-8H2,(H,19,20,22). The topological polar surface area (TPSA) is 59.8 Å². The Bertz CT molecular complexity index is 741. The number of carbonyl (C=O) groups is 1. The Morgan fingerprint density at radius 2 is 2.18 bits per heavy atom. The molecule has 2 fully saturated rings. The van der Waals surface area contributed by atoms with Crippen LogP contribution in [0.3, 0.4) is 0 Å². The molecule has 2 aromatic heterocycles. The first kappa shape index (κ1) is 13.7. The van der Waals surface area contributed by atoms with Gasteiger partial charge < -0.3 is 5.32 Å². The number of anilines is 1. The number of hydrogen-bond acceptors (Lipinski definition) is 3. The van der Waals surface area contributed by atoms with Gasteiger partial charge in [-0.25, -0.2) is 14.1 Å². The van der Waals surface area contributed by atoms with Gasteiger partial charge in [0, 0.05) is 29.8 Å². The van der Waals surface area contributed by atoms with Gasteiger partial charge in [0.25, 0.3) is 0 Å². The zero-order valence-electron chi connectivity index (χ0n) is 11.7. The molecule has 4 rings (SSSR count). The summed E-state index contributed by atoms with van der Waals surface area (Å²) in [5, 5.41) is 7.50. The first-order valence-electron chi connectivity index (χ1n) is 7.19. The summed E-state index contributed by atoms with van der Waals surface area (Å²) in [6, 6.07) is 5.15. The van der Waals surface area contributed by atoms with E-state index in [1.165, 1.54) is 4.68 Å². The molecule has 2 aromatic rings. The van der Waals surface area contributed by atoms with Crippen molar-refractivity contribution in [3.63, 3.8) is 0 Å². The fraction of sp³-hybridized carbons (Fsp3) is 0.400. The van der Waals surface area contributed by atoms with Gasteiger partial charge in [0.1, 0.15) is 6.17 Å². The van der Waals surface area contributed by atoms with E-state index in [0.29, 0.717) is 35.9 Å². The lowest BCUT2D eigenvalue weighted by Gasteiger charge is -2.34. The van der Waals surface area contributed by atoms with Crippen molar-refractivity contribution in [3.05, 3.63) is 35.6 Å². The fourth-order valence-electron chi connectivity index (χ4n) is 3.11. The first-order chi connectivity index (χ1) is 10.6. The van der Waals surface area contributed by atoms with E-state index >= 15 is 0 Å². The van der Waals surface area contributed by atoms with Crippen LogP contribution in [0.2, 0.25) is 5.02 Å². The Morgan fingerprint density at radius 3 is 2.86 bits per heavy atom. The summed E-state index contributed by atoms with van der Waals surface area (Å²) in [5.74, 6) is 0.747. The Hall–Kier alpha value is -1.95. The van der Waals surface area contributed by atoms with Crippen molar-refractivity contribution in [2.75, 3.05) is 5.32 Å². The highest BCUT2D eigenvalue weighted by molar-refractivity contribution is 6.32. The molecule has 0 aliphatic heterocycles. The normalized spacial score (nSPS) is 29.2. The molecule has 0 aromatic carbocycles. The van der Waals surface area contributed by atoms with Crippen LogP contribution in [0, 0.1) is 11.3 Å². The van der Waals surface area contributed by atoms with Gasteiger partial charge in [0.2, 0.25) is 5.91 Å². The number of carbonyl (C=O) groups excluding carboxylic acids is 1. The van der Waals surface area contributed by atoms with E-state index in [0.717, 1.165) is 0 Å². The minimum Gasteiger partial charge on any atom is -0.309 e. The third-order valence-corrected chi connectivity index (χ3v) is 4.86. The first-order valence-corrected chi connectivity index (χ1v) is 7.57. The molecule has 2 aliphatic rings. The molecule has 1 N–H and O–H groups in total. The highest BCUT2D eigenvalue weighted by atomic mass is 35.5. The smallest absolute Gasteiger partial charge is 0.228 e. The zero-order valence-corrected chi connectivity index (χ0v) is 12.4. The molecule has 2 saturated carbocycles. The Morgan fingerprint density at radius 1 is 1.41 bits per heavy atom. The third kappa shape index (κ3) is 2.18. The third-order valence-electron chi connectivity index (χ3n) is 4.56. The van der Waals surface area contributed by atoms with Crippen molar-refractivity contribution in [3.8, 4) is 5.82 Å². The molecular formula is C15H14ClFN4O. The van der Waals surface area contributed by atoms with Crippen LogP contribution in [0.25, 0.3) is 5.82 Å². The maximum absolute atomic E-state index is 13.1. The molecule has 5 nitrogen and oxygen atoms in total. The van der Waals surface area contributed by atoms with Gasteiger partial charge in [-0.05, 0) is 31.4 Å².